The van der Waals surface area contributed by atoms with Gasteiger partial charge in [-0.1, -0.05) is 30.3 Å². The topological polar surface area (TPSA) is 59.8 Å². The Kier molecular flexibility index (Phi) is 4.63. The number of nitrogens with one attached hydrogen (secondary N) is 1. The number of hydrogen-bond donors (Lipinski definition) is 1. The highest BCUT2D eigenvalue weighted by atomic mass is 19.1. The third kappa shape index (κ3) is 3.50. The lowest BCUT2D eigenvalue weighted by Crippen LogP contribution is -2.20. The molecule has 0 saturated carbocycles. The summed E-state index contributed by atoms with van der Waals surface area (Å²) in [7, 11) is 0. The largest absolute Gasteiger partial charge is 0.322 e. The minimum atomic E-state index is -0.511. The first-order valence-electron chi connectivity index (χ1n) is 9.65. The van der Waals surface area contributed by atoms with Gasteiger partial charge in [0.15, 0.2) is 0 Å². The van der Waals surface area contributed by atoms with Crippen LogP contribution in [0.5, 0.6) is 0 Å². The molecule has 7 heteroatoms. The number of para-hydroxylation sites is 2. The molecule has 2 heterocycles. The summed E-state index contributed by atoms with van der Waals surface area (Å²) in [5, 5.41) is 8.80. The second-order valence-electron chi connectivity index (χ2n) is 7.08. The van der Waals surface area contributed by atoms with E-state index in [1.54, 1.807) is 35.1 Å². The van der Waals surface area contributed by atoms with Crippen LogP contribution in [-0.4, -0.2) is 20.7 Å². The Labute approximate surface area is 176 Å². The number of rotatable bonds is 4. The molecular formula is C24H16F2N4O. The van der Waals surface area contributed by atoms with Gasteiger partial charge in [0.2, 0.25) is 5.91 Å². The minimum absolute atomic E-state index is 0.106. The van der Waals surface area contributed by atoms with Gasteiger partial charge in [-0.2, -0.15) is 5.10 Å². The van der Waals surface area contributed by atoms with Crippen molar-refractivity contribution in [3.63, 3.8) is 0 Å². The van der Waals surface area contributed by atoms with Crippen LogP contribution in [-0.2, 0) is 11.3 Å². The third-order valence-corrected chi connectivity index (χ3v) is 5.04. The van der Waals surface area contributed by atoms with Crippen LogP contribution in [0.25, 0.3) is 33.1 Å². The van der Waals surface area contributed by atoms with Gasteiger partial charge in [-0.3, -0.25) is 14.5 Å². The van der Waals surface area contributed by atoms with Crippen LogP contribution in [0.1, 0.15) is 0 Å². The molecule has 3 aromatic carbocycles. The van der Waals surface area contributed by atoms with E-state index < -0.39 is 11.7 Å². The smallest absolute Gasteiger partial charge is 0.246 e. The van der Waals surface area contributed by atoms with E-state index in [1.807, 2.05) is 24.3 Å². The number of hydrogen-bond acceptors (Lipinski definition) is 3. The molecule has 0 unspecified atom stereocenters. The van der Waals surface area contributed by atoms with Gasteiger partial charge >= 0.3 is 0 Å². The molecule has 0 bridgehead atoms. The van der Waals surface area contributed by atoms with Crippen molar-refractivity contribution in [2.75, 3.05) is 5.32 Å². The Morgan fingerprint density at radius 3 is 2.45 bits per heavy atom. The molecule has 31 heavy (non-hydrogen) atoms. The number of carbonyl (C=O) groups excluding carboxylic acids is 1. The molecular weight excluding hydrogens is 398 g/mol. The van der Waals surface area contributed by atoms with Crippen molar-refractivity contribution >= 4 is 33.4 Å². The molecule has 0 fully saturated rings. The maximum Gasteiger partial charge on any atom is 0.246 e. The van der Waals surface area contributed by atoms with E-state index in [9.17, 15) is 13.6 Å². The number of fused-ring (bicyclic) bond motifs is 3. The number of amides is 1. The van der Waals surface area contributed by atoms with E-state index in [0.29, 0.717) is 11.3 Å². The van der Waals surface area contributed by atoms with Gasteiger partial charge in [0.1, 0.15) is 23.9 Å². The van der Waals surface area contributed by atoms with Crippen molar-refractivity contribution in [1.29, 1.82) is 0 Å². The summed E-state index contributed by atoms with van der Waals surface area (Å²) in [4.78, 5) is 17.2. The van der Waals surface area contributed by atoms with Crippen molar-refractivity contribution in [3.05, 3.63) is 90.6 Å². The Bertz CT molecular complexity index is 1430. The van der Waals surface area contributed by atoms with Gasteiger partial charge < -0.3 is 5.32 Å². The Hall–Kier alpha value is -4.13. The Morgan fingerprint density at radius 2 is 1.65 bits per heavy atom. The van der Waals surface area contributed by atoms with Gasteiger partial charge in [0.05, 0.1) is 16.7 Å². The second kappa shape index (κ2) is 7.60. The fourth-order valence-electron chi connectivity index (χ4n) is 3.63. The normalized spacial score (nSPS) is 11.2. The molecule has 5 aromatic rings. The number of halogens is 2. The fourth-order valence-corrected chi connectivity index (χ4v) is 3.63. The van der Waals surface area contributed by atoms with Gasteiger partial charge in [-0.05, 0) is 42.5 Å². The standard InChI is InChI=1S/C24H16F2N4O/c25-16-11-9-15(10-12-16)23-18-13-27-20-7-3-1-5-17(20)24(18)30(29-23)14-22(31)28-21-8-4-2-6-19(21)26/h1-13H,14H2,(H,28,31). The highest BCUT2D eigenvalue weighted by Gasteiger charge is 2.18. The van der Waals surface area contributed by atoms with E-state index in [4.69, 9.17) is 0 Å². The quantitative estimate of drug-likeness (QED) is 0.441. The number of benzene rings is 3. The van der Waals surface area contributed by atoms with E-state index in [0.717, 1.165) is 21.8 Å². The zero-order valence-electron chi connectivity index (χ0n) is 16.2. The predicted molar refractivity (Wildman–Crippen MR) is 115 cm³/mol. The molecule has 0 radical (unpaired) electrons. The van der Waals surface area contributed by atoms with Crippen LogP contribution in [0.3, 0.4) is 0 Å². The van der Waals surface area contributed by atoms with Gasteiger partial charge in [-0.25, -0.2) is 8.78 Å². The van der Waals surface area contributed by atoms with Crippen LogP contribution in [0.15, 0.2) is 79.0 Å². The van der Waals surface area contributed by atoms with E-state index >= 15 is 0 Å². The van der Waals surface area contributed by atoms with Crippen molar-refractivity contribution in [3.8, 4) is 11.3 Å². The van der Waals surface area contributed by atoms with Crippen molar-refractivity contribution < 1.29 is 13.6 Å². The SMILES string of the molecule is O=C(Cn1nc(-c2ccc(F)cc2)c2cnc3ccccc3c21)Nc1ccccc1F. The first-order chi connectivity index (χ1) is 15.1. The van der Waals surface area contributed by atoms with Crippen molar-refractivity contribution in [2.24, 2.45) is 0 Å². The number of aromatic nitrogens is 3. The molecule has 5 nitrogen and oxygen atoms in total. The molecule has 1 amide bonds. The molecule has 0 aliphatic heterocycles. The average Bonchev–Trinajstić information content (AvgIpc) is 3.14. The van der Waals surface area contributed by atoms with Crippen LogP contribution in [0.2, 0.25) is 0 Å². The van der Waals surface area contributed by atoms with Gasteiger partial charge in [-0.15, -0.1) is 0 Å². The maximum atomic E-state index is 13.9. The summed E-state index contributed by atoms with van der Waals surface area (Å²) in [6, 6.07) is 19.5. The van der Waals surface area contributed by atoms with Crippen LogP contribution < -0.4 is 5.32 Å². The zero-order valence-corrected chi connectivity index (χ0v) is 16.2. The van der Waals surface area contributed by atoms with E-state index in [1.165, 1.54) is 24.3 Å². The average molecular weight is 414 g/mol. The lowest BCUT2D eigenvalue weighted by Gasteiger charge is -2.08. The highest BCUT2D eigenvalue weighted by molar-refractivity contribution is 6.08. The fraction of sp³-hybridized carbons (Fsp3) is 0.0417. The second-order valence-corrected chi connectivity index (χ2v) is 7.08. The lowest BCUT2D eigenvalue weighted by molar-refractivity contribution is -0.116. The summed E-state index contributed by atoms with van der Waals surface area (Å²) in [6.07, 6.45) is 1.70. The molecule has 2 aromatic heterocycles. The van der Waals surface area contributed by atoms with Crippen LogP contribution in [0, 0.1) is 11.6 Å². The molecule has 152 valence electrons. The predicted octanol–water partition coefficient (Wildman–Crippen LogP) is 5.17. The van der Waals surface area contributed by atoms with Crippen molar-refractivity contribution in [2.45, 2.75) is 6.54 Å². The van der Waals surface area contributed by atoms with Crippen LogP contribution >= 0.6 is 0 Å². The molecule has 0 atom stereocenters. The number of nitrogens with zero attached hydrogens (tertiary/aromatic N) is 3. The first kappa shape index (κ1) is 18.9. The molecule has 0 aliphatic rings. The highest BCUT2D eigenvalue weighted by Crippen LogP contribution is 2.32. The number of carbonyl (C=O) groups is 1. The van der Waals surface area contributed by atoms with Crippen molar-refractivity contribution in [1.82, 2.24) is 14.8 Å². The number of pyridine rings is 1. The first-order valence-corrected chi connectivity index (χ1v) is 9.65. The molecule has 1 N–H and O–H groups in total. The lowest BCUT2D eigenvalue weighted by atomic mass is 10.1. The van der Waals surface area contributed by atoms with Gasteiger partial charge in [0, 0.05) is 22.5 Å². The summed E-state index contributed by atoms with van der Waals surface area (Å²) >= 11 is 0. The summed E-state index contributed by atoms with van der Waals surface area (Å²) < 4.78 is 28.9. The minimum Gasteiger partial charge on any atom is -0.322 e. The molecule has 0 spiro atoms. The van der Waals surface area contributed by atoms with Gasteiger partial charge in [0.25, 0.3) is 0 Å². The summed E-state index contributed by atoms with van der Waals surface area (Å²) in [5.74, 6) is -1.27. The Morgan fingerprint density at radius 1 is 0.903 bits per heavy atom. The molecule has 0 aliphatic carbocycles. The van der Waals surface area contributed by atoms with E-state index in [2.05, 4.69) is 15.4 Å². The van der Waals surface area contributed by atoms with E-state index in [-0.39, 0.29) is 18.0 Å². The summed E-state index contributed by atoms with van der Waals surface area (Å²) in [6.45, 7) is -0.125. The summed E-state index contributed by atoms with van der Waals surface area (Å²) in [5.41, 5.74) is 2.89. The Balaban J connectivity index is 1.62. The zero-order chi connectivity index (χ0) is 21.4. The third-order valence-electron chi connectivity index (χ3n) is 5.04. The number of anilines is 1. The van der Waals surface area contributed by atoms with Crippen LogP contribution in [0.4, 0.5) is 14.5 Å². The molecule has 0 saturated heterocycles. The molecule has 5 rings (SSSR count). The monoisotopic (exact) mass is 414 g/mol. The maximum absolute atomic E-state index is 13.9.